The summed E-state index contributed by atoms with van der Waals surface area (Å²) in [5.74, 6) is 0.329. The number of methoxy groups -OCH3 is 1. The van der Waals surface area contributed by atoms with Crippen molar-refractivity contribution in [2.75, 3.05) is 19.4 Å². The third kappa shape index (κ3) is 4.03. The quantitative estimate of drug-likeness (QED) is 0.474. The predicted octanol–water partition coefficient (Wildman–Crippen LogP) is 2.06. The number of hydrogen-bond donors (Lipinski definition) is 4. The van der Waals surface area contributed by atoms with E-state index in [0.717, 1.165) is 23.3 Å². The largest absolute Gasteiger partial charge is 0.497 e. The molecule has 132 valence electrons. The standard InChI is InChI=1S/C19H24N4O2/c1-3-10-23-19(24)18(22)17(21)15-9-5-8-14(16(15)20)12-6-4-7-13(11-12)25-2/h4-9,11H,3,10,20-22H2,1-2H3,(H,23,24)/b18-17+. The highest BCUT2D eigenvalue weighted by molar-refractivity contribution is 6.01. The molecule has 0 unspecified atom stereocenters. The van der Waals surface area contributed by atoms with Gasteiger partial charge in [-0.3, -0.25) is 4.79 Å². The van der Waals surface area contributed by atoms with Crippen LogP contribution in [-0.4, -0.2) is 19.6 Å². The number of hydrogen-bond acceptors (Lipinski definition) is 5. The number of nitrogen functional groups attached to an aromatic ring is 1. The van der Waals surface area contributed by atoms with E-state index in [0.29, 0.717) is 17.8 Å². The molecule has 0 atom stereocenters. The van der Waals surface area contributed by atoms with Crippen molar-refractivity contribution >= 4 is 17.3 Å². The Balaban J connectivity index is 2.45. The van der Waals surface area contributed by atoms with Crippen LogP contribution < -0.4 is 27.3 Å². The molecule has 2 aromatic rings. The smallest absolute Gasteiger partial charge is 0.269 e. The molecule has 0 saturated heterocycles. The Kier molecular flexibility index (Phi) is 5.89. The molecule has 6 nitrogen and oxygen atoms in total. The maximum atomic E-state index is 12.0. The van der Waals surface area contributed by atoms with E-state index in [1.165, 1.54) is 0 Å². The van der Waals surface area contributed by atoms with Crippen LogP contribution in [0, 0.1) is 0 Å². The first kappa shape index (κ1) is 18.2. The number of carbonyl (C=O) groups excluding carboxylic acids is 1. The van der Waals surface area contributed by atoms with Crippen molar-refractivity contribution in [1.29, 1.82) is 0 Å². The Bertz CT molecular complexity index is 800. The van der Waals surface area contributed by atoms with Crippen LogP contribution in [-0.2, 0) is 4.79 Å². The van der Waals surface area contributed by atoms with Crippen molar-refractivity contribution in [3.05, 3.63) is 53.7 Å². The second-order valence-corrected chi connectivity index (χ2v) is 5.58. The van der Waals surface area contributed by atoms with Gasteiger partial charge in [0, 0.05) is 23.4 Å². The van der Waals surface area contributed by atoms with Crippen molar-refractivity contribution in [3.63, 3.8) is 0 Å². The fraction of sp³-hybridized carbons (Fsp3) is 0.211. The van der Waals surface area contributed by atoms with Crippen molar-refractivity contribution in [2.24, 2.45) is 11.5 Å². The van der Waals surface area contributed by atoms with Crippen LogP contribution in [0.5, 0.6) is 5.75 Å². The van der Waals surface area contributed by atoms with Gasteiger partial charge in [-0.1, -0.05) is 37.3 Å². The minimum atomic E-state index is -0.398. The molecule has 0 heterocycles. The van der Waals surface area contributed by atoms with E-state index in [-0.39, 0.29) is 11.4 Å². The molecule has 6 heteroatoms. The van der Waals surface area contributed by atoms with Crippen LogP contribution in [0.1, 0.15) is 18.9 Å². The van der Waals surface area contributed by atoms with E-state index >= 15 is 0 Å². The van der Waals surface area contributed by atoms with Crippen LogP contribution in [0.3, 0.4) is 0 Å². The van der Waals surface area contributed by atoms with Crippen molar-refractivity contribution in [1.82, 2.24) is 5.32 Å². The number of nitrogens with two attached hydrogens (primary N) is 3. The zero-order valence-corrected chi connectivity index (χ0v) is 14.5. The van der Waals surface area contributed by atoms with Crippen molar-refractivity contribution < 1.29 is 9.53 Å². The van der Waals surface area contributed by atoms with E-state index in [9.17, 15) is 4.79 Å². The number of rotatable bonds is 6. The van der Waals surface area contributed by atoms with Gasteiger partial charge in [0.1, 0.15) is 11.4 Å². The molecule has 0 aromatic heterocycles. The second-order valence-electron chi connectivity index (χ2n) is 5.58. The van der Waals surface area contributed by atoms with Crippen LogP contribution in [0.25, 0.3) is 16.8 Å². The zero-order chi connectivity index (χ0) is 18.4. The lowest BCUT2D eigenvalue weighted by Crippen LogP contribution is -2.31. The molecule has 1 amide bonds. The minimum absolute atomic E-state index is 0.0389. The lowest BCUT2D eigenvalue weighted by Gasteiger charge is -2.14. The van der Waals surface area contributed by atoms with Crippen molar-refractivity contribution in [2.45, 2.75) is 13.3 Å². The minimum Gasteiger partial charge on any atom is -0.497 e. The van der Waals surface area contributed by atoms with E-state index < -0.39 is 5.91 Å². The lowest BCUT2D eigenvalue weighted by atomic mass is 9.98. The Morgan fingerprint density at radius 3 is 2.56 bits per heavy atom. The number of para-hydroxylation sites is 1. The Hall–Kier alpha value is -3.15. The van der Waals surface area contributed by atoms with E-state index in [1.807, 2.05) is 43.3 Å². The molecule has 0 spiro atoms. The monoisotopic (exact) mass is 340 g/mol. The van der Waals surface area contributed by atoms with Gasteiger partial charge in [-0.15, -0.1) is 0 Å². The number of carbonyl (C=O) groups is 1. The number of amides is 1. The van der Waals surface area contributed by atoms with Crippen LogP contribution in [0.2, 0.25) is 0 Å². The summed E-state index contributed by atoms with van der Waals surface area (Å²) in [5, 5.41) is 2.70. The van der Waals surface area contributed by atoms with E-state index in [4.69, 9.17) is 21.9 Å². The van der Waals surface area contributed by atoms with Gasteiger partial charge >= 0.3 is 0 Å². The number of anilines is 1. The highest BCUT2D eigenvalue weighted by Gasteiger charge is 2.15. The van der Waals surface area contributed by atoms with Gasteiger partial charge in [0.05, 0.1) is 12.8 Å². The lowest BCUT2D eigenvalue weighted by molar-refractivity contribution is -0.117. The van der Waals surface area contributed by atoms with Gasteiger partial charge in [-0.25, -0.2) is 0 Å². The van der Waals surface area contributed by atoms with Crippen LogP contribution >= 0.6 is 0 Å². The predicted molar refractivity (Wildman–Crippen MR) is 101 cm³/mol. The maximum Gasteiger partial charge on any atom is 0.269 e. The average molecular weight is 340 g/mol. The fourth-order valence-corrected chi connectivity index (χ4v) is 2.44. The molecule has 0 bridgehead atoms. The zero-order valence-electron chi connectivity index (χ0n) is 14.5. The Morgan fingerprint density at radius 2 is 1.88 bits per heavy atom. The Labute approximate surface area is 147 Å². The molecule has 0 saturated carbocycles. The summed E-state index contributed by atoms with van der Waals surface area (Å²) < 4.78 is 5.25. The summed E-state index contributed by atoms with van der Waals surface area (Å²) >= 11 is 0. The summed E-state index contributed by atoms with van der Waals surface area (Å²) in [6.45, 7) is 2.49. The topological polar surface area (TPSA) is 116 Å². The second kappa shape index (κ2) is 8.10. The van der Waals surface area contributed by atoms with Gasteiger partial charge < -0.3 is 27.3 Å². The molecule has 25 heavy (non-hydrogen) atoms. The number of ether oxygens (including phenoxy) is 1. The summed E-state index contributed by atoms with van der Waals surface area (Å²) in [7, 11) is 1.61. The summed E-state index contributed by atoms with van der Waals surface area (Å²) in [6, 6.07) is 13.0. The summed E-state index contributed by atoms with van der Waals surface area (Å²) in [6.07, 6.45) is 0.812. The van der Waals surface area contributed by atoms with Gasteiger partial charge in [0.2, 0.25) is 0 Å². The van der Waals surface area contributed by atoms with Crippen molar-refractivity contribution in [3.8, 4) is 16.9 Å². The van der Waals surface area contributed by atoms with E-state index in [2.05, 4.69) is 5.32 Å². The highest BCUT2D eigenvalue weighted by atomic mass is 16.5. The molecule has 2 rings (SSSR count). The first-order valence-electron chi connectivity index (χ1n) is 8.06. The molecular weight excluding hydrogens is 316 g/mol. The fourth-order valence-electron chi connectivity index (χ4n) is 2.44. The number of nitrogens with one attached hydrogen (secondary N) is 1. The average Bonchev–Trinajstić information content (AvgIpc) is 2.65. The molecule has 0 aliphatic rings. The van der Waals surface area contributed by atoms with Crippen LogP contribution in [0.4, 0.5) is 5.69 Å². The summed E-state index contributed by atoms with van der Waals surface area (Å²) in [4.78, 5) is 12.0. The van der Waals surface area contributed by atoms with E-state index in [1.54, 1.807) is 13.2 Å². The first-order chi connectivity index (χ1) is 12.0. The number of benzene rings is 2. The molecule has 0 aliphatic carbocycles. The Morgan fingerprint density at radius 1 is 1.16 bits per heavy atom. The molecular formula is C19H24N4O2. The van der Waals surface area contributed by atoms with Crippen LogP contribution in [0.15, 0.2) is 48.2 Å². The SMILES string of the molecule is CCCNC(=O)/C(N)=C(\N)c1cccc(-c2cccc(OC)c2)c1N. The molecule has 0 aliphatic heterocycles. The molecule has 0 radical (unpaired) electrons. The highest BCUT2D eigenvalue weighted by Crippen LogP contribution is 2.32. The molecule has 0 fully saturated rings. The van der Waals surface area contributed by atoms with Gasteiger partial charge in [-0.05, 0) is 24.1 Å². The van der Waals surface area contributed by atoms with Gasteiger partial charge in [0.15, 0.2) is 0 Å². The first-order valence-corrected chi connectivity index (χ1v) is 8.06. The van der Waals surface area contributed by atoms with Gasteiger partial charge in [0.25, 0.3) is 5.91 Å². The molecule has 2 aromatic carbocycles. The normalized spacial score (nSPS) is 11.6. The van der Waals surface area contributed by atoms with Gasteiger partial charge in [-0.2, -0.15) is 0 Å². The molecule has 7 N–H and O–H groups in total. The third-order valence-electron chi connectivity index (χ3n) is 3.85. The summed E-state index contributed by atoms with van der Waals surface area (Å²) in [5.41, 5.74) is 21.1. The third-order valence-corrected chi connectivity index (χ3v) is 3.85. The maximum absolute atomic E-state index is 12.0.